The summed E-state index contributed by atoms with van der Waals surface area (Å²) in [5.74, 6) is 0.627. The quantitative estimate of drug-likeness (QED) is 0.923. The Kier molecular flexibility index (Phi) is 5.21. The first-order valence-corrected chi connectivity index (χ1v) is 7.60. The second kappa shape index (κ2) is 7.13. The predicted octanol–water partition coefficient (Wildman–Crippen LogP) is 2.89. The van der Waals surface area contributed by atoms with Gasteiger partial charge in [0.1, 0.15) is 12.3 Å². The van der Waals surface area contributed by atoms with Gasteiger partial charge in [-0.3, -0.25) is 9.59 Å². The second-order valence-corrected chi connectivity index (χ2v) is 5.80. The zero-order valence-corrected chi connectivity index (χ0v) is 13.9. The van der Waals surface area contributed by atoms with Gasteiger partial charge in [-0.25, -0.2) is 0 Å². The molecule has 1 aromatic heterocycles. The SMILES string of the molecule is Cc1cc(=O)cc(C)n1CC(=O)Nc1ccc(OC(C)C)cc1. The molecular weight excluding hydrogens is 292 g/mol. The maximum atomic E-state index is 12.2. The van der Waals surface area contributed by atoms with Gasteiger partial charge in [0.25, 0.3) is 0 Å². The predicted molar refractivity (Wildman–Crippen MR) is 91.0 cm³/mol. The van der Waals surface area contributed by atoms with E-state index in [2.05, 4.69) is 5.32 Å². The first-order chi connectivity index (χ1) is 10.8. The molecule has 0 saturated carbocycles. The summed E-state index contributed by atoms with van der Waals surface area (Å²) in [7, 11) is 0. The van der Waals surface area contributed by atoms with Gasteiger partial charge in [0.2, 0.25) is 5.91 Å². The first-order valence-electron chi connectivity index (χ1n) is 7.60. The van der Waals surface area contributed by atoms with Crippen molar-refractivity contribution in [3.05, 3.63) is 58.0 Å². The van der Waals surface area contributed by atoms with Crippen molar-refractivity contribution in [3.63, 3.8) is 0 Å². The lowest BCUT2D eigenvalue weighted by Gasteiger charge is -2.14. The summed E-state index contributed by atoms with van der Waals surface area (Å²) in [4.78, 5) is 23.6. The summed E-state index contributed by atoms with van der Waals surface area (Å²) in [6.45, 7) is 7.73. The summed E-state index contributed by atoms with van der Waals surface area (Å²) < 4.78 is 7.38. The van der Waals surface area contributed by atoms with E-state index in [4.69, 9.17) is 4.74 Å². The number of pyridine rings is 1. The third kappa shape index (κ3) is 4.71. The summed E-state index contributed by atoms with van der Waals surface area (Å²) in [5, 5.41) is 2.85. The monoisotopic (exact) mass is 314 g/mol. The summed E-state index contributed by atoms with van der Waals surface area (Å²) in [5.41, 5.74) is 2.21. The van der Waals surface area contributed by atoms with Crippen molar-refractivity contribution in [2.24, 2.45) is 0 Å². The minimum atomic E-state index is -0.141. The van der Waals surface area contributed by atoms with Crippen molar-refractivity contribution in [1.82, 2.24) is 4.57 Å². The Morgan fingerprint density at radius 1 is 1.13 bits per heavy atom. The lowest BCUT2D eigenvalue weighted by Crippen LogP contribution is -2.23. The number of hydrogen-bond donors (Lipinski definition) is 1. The molecule has 0 radical (unpaired) electrons. The average molecular weight is 314 g/mol. The number of nitrogens with zero attached hydrogens (tertiary/aromatic N) is 1. The third-order valence-electron chi connectivity index (χ3n) is 3.37. The Hall–Kier alpha value is -2.56. The molecule has 0 atom stereocenters. The van der Waals surface area contributed by atoms with Gasteiger partial charge in [-0.05, 0) is 52.0 Å². The highest BCUT2D eigenvalue weighted by atomic mass is 16.5. The Bertz CT molecular complexity index is 720. The highest BCUT2D eigenvalue weighted by Gasteiger charge is 2.08. The molecule has 0 aliphatic carbocycles. The fourth-order valence-electron chi connectivity index (χ4n) is 2.37. The lowest BCUT2D eigenvalue weighted by molar-refractivity contribution is -0.116. The van der Waals surface area contributed by atoms with Crippen LogP contribution in [0.25, 0.3) is 0 Å². The zero-order valence-electron chi connectivity index (χ0n) is 13.9. The van der Waals surface area contributed by atoms with Crippen LogP contribution >= 0.6 is 0 Å². The van der Waals surface area contributed by atoms with E-state index in [1.807, 2.05) is 44.4 Å². The molecule has 1 heterocycles. The molecular formula is C18H22N2O3. The number of rotatable bonds is 5. The van der Waals surface area contributed by atoms with Crippen LogP contribution in [0.15, 0.2) is 41.2 Å². The fraction of sp³-hybridized carbons (Fsp3) is 0.333. The van der Waals surface area contributed by atoms with E-state index in [0.717, 1.165) is 17.1 Å². The van der Waals surface area contributed by atoms with Crippen molar-refractivity contribution in [2.75, 3.05) is 5.32 Å². The molecule has 23 heavy (non-hydrogen) atoms. The molecule has 0 bridgehead atoms. The number of carbonyl (C=O) groups excluding carboxylic acids is 1. The molecule has 0 aliphatic rings. The fourth-order valence-corrected chi connectivity index (χ4v) is 2.37. The van der Waals surface area contributed by atoms with Gasteiger partial charge in [0.05, 0.1) is 6.10 Å². The van der Waals surface area contributed by atoms with Crippen molar-refractivity contribution < 1.29 is 9.53 Å². The molecule has 2 rings (SSSR count). The molecule has 1 N–H and O–H groups in total. The van der Waals surface area contributed by atoms with Crippen LogP contribution in [0.1, 0.15) is 25.2 Å². The van der Waals surface area contributed by atoms with Gasteiger partial charge in [0, 0.05) is 29.2 Å². The molecule has 1 amide bonds. The topological polar surface area (TPSA) is 60.3 Å². The van der Waals surface area contributed by atoms with Gasteiger partial charge < -0.3 is 14.6 Å². The van der Waals surface area contributed by atoms with Gasteiger partial charge in [-0.1, -0.05) is 0 Å². The molecule has 0 fully saturated rings. The van der Waals surface area contributed by atoms with Crippen molar-refractivity contribution in [1.29, 1.82) is 0 Å². The molecule has 122 valence electrons. The Balaban J connectivity index is 2.04. The maximum absolute atomic E-state index is 12.2. The van der Waals surface area contributed by atoms with Gasteiger partial charge in [-0.2, -0.15) is 0 Å². The number of aromatic nitrogens is 1. The first kappa shape index (κ1) is 16.8. The van der Waals surface area contributed by atoms with Crippen LogP contribution in [-0.2, 0) is 11.3 Å². The third-order valence-corrected chi connectivity index (χ3v) is 3.37. The van der Waals surface area contributed by atoms with E-state index in [1.54, 1.807) is 12.1 Å². The number of carbonyl (C=O) groups is 1. The van der Waals surface area contributed by atoms with Crippen LogP contribution in [0, 0.1) is 13.8 Å². The molecule has 0 saturated heterocycles. The van der Waals surface area contributed by atoms with Gasteiger partial charge in [0.15, 0.2) is 5.43 Å². The molecule has 5 heteroatoms. The van der Waals surface area contributed by atoms with E-state index in [-0.39, 0.29) is 24.0 Å². The van der Waals surface area contributed by atoms with E-state index in [1.165, 1.54) is 12.1 Å². The summed E-state index contributed by atoms with van der Waals surface area (Å²) in [6.07, 6.45) is 0.113. The Labute approximate surface area is 135 Å². The summed E-state index contributed by atoms with van der Waals surface area (Å²) in [6, 6.07) is 10.3. The van der Waals surface area contributed by atoms with Crippen molar-refractivity contribution >= 4 is 11.6 Å². The van der Waals surface area contributed by atoms with Crippen LogP contribution in [-0.4, -0.2) is 16.6 Å². The van der Waals surface area contributed by atoms with Crippen LogP contribution in [0.3, 0.4) is 0 Å². The molecule has 0 aliphatic heterocycles. The van der Waals surface area contributed by atoms with Crippen LogP contribution in [0.2, 0.25) is 0 Å². The largest absolute Gasteiger partial charge is 0.491 e. The molecule has 0 unspecified atom stereocenters. The standard InChI is InChI=1S/C18H22N2O3/c1-12(2)23-17-7-5-15(6-8-17)19-18(22)11-20-13(3)9-16(21)10-14(20)4/h5-10,12H,11H2,1-4H3,(H,19,22). The Morgan fingerprint density at radius 3 is 2.22 bits per heavy atom. The number of anilines is 1. The average Bonchev–Trinajstić information content (AvgIpc) is 2.44. The van der Waals surface area contributed by atoms with E-state index < -0.39 is 0 Å². The molecule has 1 aromatic carbocycles. The number of amides is 1. The number of nitrogens with one attached hydrogen (secondary N) is 1. The van der Waals surface area contributed by atoms with Gasteiger partial charge in [-0.15, -0.1) is 0 Å². The molecule has 0 spiro atoms. The van der Waals surface area contributed by atoms with Crippen molar-refractivity contribution in [2.45, 2.75) is 40.3 Å². The smallest absolute Gasteiger partial charge is 0.244 e. The molecule has 5 nitrogen and oxygen atoms in total. The highest BCUT2D eigenvalue weighted by Crippen LogP contribution is 2.17. The lowest BCUT2D eigenvalue weighted by atomic mass is 10.2. The minimum Gasteiger partial charge on any atom is -0.491 e. The number of ether oxygens (including phenoxy) is 1. The highest BCUT2D eigenvalue weighted by molar-refractivity contribution is 5.90. The number of benzene rings is 1. The van der Waals surface area contributed by atoms with E-state index >= 15 is 0 Å². The maximum Gasteiger partial charge on any atom is 0.244 e. The number of hydrogen-bond acceptors (Lipinski definition) is 3. The molecule has 2 aromatic rings. The normalized spacial score (nSPS) is 10.7. The second-order valence-electron chi connectivity index (χ2n) is 5.80. The van der Waals surface area contributed by atoms with Crippen LogP contribution < -0.4 is 15.5 Å². The summed E-state index contributed by atoms with van der Waals surface area (Å²) >= 11 is 0. The van der Waals surface area contributed by atoms with Gasteiger partial charge >= 0.3 is 0 Å². The van der Waals surface area contributed by atoms with E-state index in [0.29, 0.717) is 5.69 Å². The van der Waals surface area contributed by atoms with E-state index in [9.17, 15) is 9.59 Å². The van der Waals surface area contributed by atoms with Crippen LogP contribution in [0.5, 0.6) is 5.75 Å². The number of aryl methyl sites for hydroxylation is 2. The van der Waals surface area contributed by atoms with Crippen molar-refractivity contribution in [3.8, 4) is 5.75 Å². The van der Waals surface area contributed by atoms with Crippen LogP contribution in [0.4, 0.5) is 5.69 Å². The zero-order chi connectivity index (χ0) is 17.0. The Morgan fingerprint density at radius 2 is 1.70 bits per heavy atom. The minimum absolute atomic E-state index is 0.0441.